The van der Waals surface area contributed by atoms with Crippen molar-refractivity contribution < 1.29 is 23.6 Å². The molecule has 40 heavy (non-hydrogen) atoms. The lowest BCUT2D eigenvalue weighted by molar-refractivity contribution is -0.131. The highest BCUT2D eigenvalue weighted by atomic mass is 35.5. The molecule has 5 N–H and O–H groups in total. The molecule has 0 radical (unpaired) electrons. The number of carbonyl (C=O) groups excluding carboxylic acids is 4. The van der Waals surface area contributed by atoms with Crippen LogP contribution in [-0.4, -0.2) is 30.7 Å². The van der Waals surface area contributed by atoms with Gasteiger partial charge in [0, 0.05) is 40.7 Å². The number of anilines is 1. The number of furan rings is 1. The second-order valence-corrected chi connectivity index (χ2v) is 10.2. The smallest absolute Gasteiger partial charge is 0.273 e. The maximum atomic E-state index is 13.2. The fourth-order valence-electron chi connectivity index (χ4n) is 4.75. The number of hydrazine groups is 1. The first-order valence-corrected chi connectivity index (χ1v) is 13.4. The zero-order valence-corrected chi connectivity index (χ0v) is 23.3. The molecule has 0 aliphatic heterocycles. The fourth-order valence-corrected chi connectivity index (χ4v) is 4.98. The molecule has 1 heterocycles. The van der Waals surface area contributed by atoms with Gasteiger partial charge in [-0.2, -0.15) is 0 Å². The highest BCUT2D eigenvalue weighted by molar-refractivity contribution is 6.32. The number of hydrogen-bond donors (Lipinski definition) is 5. The van der Waals surface area contributed by atoms with Crippen molar-refractivity contribution in [3.8, 4) is 0 Å². The number of amides is 4. The Bertz CT molecular complexity index is 1470. The summed E-state index contributed by atoms with van der Waals surface area (Å²) in [5.41, 5.74) is 6.69. The Morgan fingerprint density at radius 3 is 2.35 bits per heavy atom. The van der Waals surface area contributed by atoms with Crippen molar-refractivity contribution in [2.45, 2.75) is 39.5 Å². The summed E-state index contributed by atoms with van der Waals surface area (Å²) in [6.07, 6.45) is 2.06. The standard InChI is InChI=1S/C29H32ClN5O5/c1-16-12-20-14-21(30)15-23(25(20)40-16)28(38)35-34-27(37)19-9-7-8-18(13-19)26(36)33-24(17(2)31-3)29(39)32-22-10-5-4-6-11-22/h4-6,10-12,14-15,18-19,31H,7-9,13H2,1-3H3,(H,32,39)(H,33,36)(H,34,37)(H,35,38)/b24-17+. The zero-order valence-electron chi connectivity index (χ0n) is 22.5. The van der Waals surface area contributed by atoms with Gasteiger partial charge in [0.15, 0.2) is 0 Å². The molecule has 3 aromatic rings. The van der Waals surface area contributed by atoms with Gasteiger partial charge < -0.3 is 20.4 Å². The molecule has 0 spiro atoms. The Morgan fingerprint density at radius 1 is 0.950 bits per heavy atom. The van der Waals surface area contributed by atoms with Crippen LogP contribution in [0, 0.1) is 18.8 Å². The quantitative estimate of drug-likeness (QED) is 0.215. The number of para-hydroxylation sites is 1. The normalized spacial score (nSPS) is 17.4. The largest absolute Gasteiger partial charge is 0.461 e. The number of allylic oxidation sites excluding steroid dienone is 1. The van der Waals surface area contributed by atoms with Crippen molar-refractivity contribution >= 4 is 51.9 Å². The van der Waals surface area contributed by atoms with Gasteiger partial charge in [-0.1, -0.05) is 36.2 Å². The third kappa shape index (κ3) is 6.81. The van der Waals surface area contributed by atoms with Crippen LogP contribution >= 0.6 is 11.6 Å². The molecule has 1 aromatic heterocycles. The van der Waals surface area contributed by atoms with Crippen LogP contribution in [-0.2, 0) is 14.4 Å². The summed E-state index contributed by atoms with van der Waals surface area (Å²) in [4.78, 5) is 51.9. The topological polar surface area (TPSA) is 142 Å². The minimum atomic E-state index is -0.568. The van der Waals surface area contributed by atoms with Crippen LogP contribution < -0.4 is 26.8 Å². The van der Waals surface area contributed by atoms with E-state index in [0.717, 1.165) is 0 Å². The molecule has 0 saturated heterocycles. The van der Waals surface area contributed by atoms with E-state index in [0.29, 0.717) is 52.4 Å². The summed E-state index contributed by atoms with van der Waals surface area (Å²) in [5.74, 6) is -2.12. The van der Waals surface area contributed by atoms with E-state index in [1.165, 1.54) is 6.07 Å². The van der Waals surface area contributed by atoms with E-state index in [2.05, 4.69) is 26.8 Å². The van der Waals surface area contributed by atoms with Gasteiger partial charge in [-0.3, -0.25) is 30.0 Å². The molecular weight excluding hydrogens is 534 g/mol. The van der Waals surface area contributed by atoms with Crippen molar-refractivity contribution in [2.75, 3.05) is 12.4 Å². The molecule has 1 saturated carbocycles. The van der Waals surface area contributed by atoms with E-state index in [1.54, 1.807) is 57.3 Å². The summed E-state index contributed by atoms with van der Waals surface area (Å²) in [6, 6.07) is 13.9. The van der Waals surface area contributed by atoms with Crippen LogP contribution in [0.3, 0.4) is 0 Å². The SMILES string of the molecule is CN/C(C)=C(/NC(=O)C1CCCC(C(=O)NNC(=O)c2cc(Cl)cc3cc(C)oc23)C1)C(=O)Nc1ccccc1. The molecular formula is C29H32ClN5O5. The van der Waals surface area contributed by atoms with E-state index in [1.807, 2.05) is 6.07 Å². The Morgan fingerprint density at radius 2 is 1.65 bits per heavy atom. The third-order valence-corrected chi connectivity index (χ3v) is 7.14. The van der Waals surface area contributed by atoms with Crippen LogP contribution in [0.1, 0.15) is 48.7 Å². The fraction of sp³-hybridized carbons (Fsp3) is 0.310. The summed E-state index contributed by atoms with van der Waals surface area (Å²) in [7, 11) is 1.66. The first-order valence-electron chi connectivity index (χ1n) is 13.0. The summed E-state index contributed by atoms with van der Waals surface area (Å²) in [5, 5.41) is 9.49. The average Bonchev–Trinajstić information content (AvgIpc) is 3.33. The first-order chi connectivity index (χ1) is 19.2. The predicted octanol–water partition coefficient (Wildman–Crippen LogP) is 4.17. The average molecular weight is 566 g/mol. The molecule has 11 heteroatoms. The van der Waals surface area contributed by atoms with Gasteiger partial charge in [-0.05, 0) is 63.4 Å². The van der Waals surface area contributed by atoms with E-state index in [4.69, 9.17) is 16.0 Å². The van der Waals surface area contributed by atoms with Crippen LogP contribution in [0.2, 0.25) is 5.02 Å². The predicted molar refractivity (Wildman–Crippen MR) is 152 cm³/mol. The highest BCUT2D eigenvalue weighted by Gasteiger charge is 2.32. The molecule has 10 nitrogen and oxygen atoms in total. The zero-order chi connectivity index (χ0) is 28.8. The minimum Gasteiger partial charge on any atom is -0.461 e. The molecule has 2 aromatic carbocycles. The lowest BCUT2D eigenvalue weighted by Gasteiger charge is -2.28. The van der Waals surface area contributed by atoms with Crippen molar-refractivity contribution in [3.63, 3.8) is 0 Å². The second-order valence-electron chi connectivity index (χ2n) is 9.79. The van der Waals surface area contributed by atoms with E-state index in [-0.39, 0.29) is 23.6 Å². The number of aryl methyl sites for hydroxylation is 1. The van der Waals surface area contributed by atoms with Crippen LogP contribution in [0.4, 0.5) is 5.69 Å². The molecule has 0 bridgehead atoms. The van der Waals surface area contributed by atoms with E-state index in [9.17, 15) is 19.2 Å². The van der Waals surface area contributed by atoms with Gasteiger partial charge >= 0.3 is 0 Å². The summed E-state index contributed by atoms with van der Waals surface area (Å²) in [6.45, 7) is 3.46. The number of halogens is 1. The first kappa shape index (κ1) is 28.7. The van der Waals surface area contributed by atoms with Crippen molar-refractivity contribution in [1.82, 2.24) is 21.5 Å². The monoisotopic (exact) mass is 565 g/mol. The van der Waals surface area contributed by atoms with Crippen molar-refractivity contribution in [1.29, 1.82) is 0 Å². The maximum Gasteiger partial charge on any atom is 0.273 e. The molecule has 1 aliphatic rings. The van der Waals surface area contributed by atoms with Gasteiger partial charge in [0.25, 0.3) is 11.8 Å². The van der Waals surface area contributed by atoms with Gasteiger partial charge in [-0.15, -0.1) is 0 Å². The molecule has 4 rings (SSSR count). The molecule has 2 unspecified atom stereocenters. The molecule has 1 fully saturated rings. The molecule has 1 aliphatic carbocycles. The van der Waals surface area contributed by atoms with Gasteiger partial charge in [-0.25, -0.2) is 0 Å². The Kier molecular flexibility index (Phi) is 9.11. The lowest BCUT2D eigenvalue weighted by Crippen LogP contribution is -2.46. The van der Waals surface area contributed by atoms with Gasteiger partial charge in [0.2, 0.25) is 11.8 Å². The third-order valence-electron chi connectivity index (χ3n) is 6.92. The van der Waals surface area contributed by atoms with E-state index < -0.39 is 29.6 Å². The number of fused-ring (bicyclic) bond motifs is 1. The molecule has 210 valence electrons. The van der Waals surface area contributed by atoms with Crippen LogP contribution in [0.15, 0.2) is 64.3 Å². The highest BCUT2D eigenvalue weighted by Crippen LogP contribution is 2.30. The lowest BCUT2D eigenvalue weighted by atomic mass is 9.80. The second kappa shape index (κ2) is 12.7. The Labute approximate surface area is 236 Å². The minimum absolute atomic E-state index is 0.108. The number of nitrogens with one attached hydrogen (secondary N) is 5. The van der Waals surface area contributed by atoms with Crippen LogP contribution in [0.5, 0.6) is 0 Å². The van der Waals surface area contributed by atoms with Crippen molar-refractivity contribution in [3.05, 3.63) is 76.3 Å². The maximum absolute atomic E-state index is 13.2. The van der Waals surface area contributed by atoms with E-state index >= 15 is 0 Å². The Balaban J connectivity index is 1.36. The number of benzene rings is 2. The molecule has 4 amide bonds. The number of rotatable bonds is 7. The van der Waals surface area contributed by atoms with Crippen LogP contribution in [0.25, 0.3) is 11.0 Å². The number of hydrogen-bond acceptors (Lipinski definition) is 6. The number of carbonyl (C=O) groups is 4. The van der Waals surface area contributed by atoms with Gasteiger partial charge in [0.05, 0.1) is 5.56 Å². The Hall–Kier alpha value is -4.31. The van der Waals surface area contributed by atoms with Gasteiger partial charge in [0.1, 0.15) is 17.0 Å². The molecule has 2 atom stereocenters. The van der Waals surface area contributed by atoms with Crippen molar-refractivity contribution in [2.24, 2.45) is 11.8 Å². The summed E-state index contributed by atoms with van der Waals surface area (Å²) < 4.78 is 5.63. The summed E-state index contributed by atoms with van der Waals surface area (Å²) >= 11 is 6.15.